The Morgan fingerprint density at radius 1 is 1.33 bits per heavy atom. The number of hydrogen-bond acceptors (Lipinski definition) is 1. The zero-order valence-corrected chi connectivity index (χ0v) is 9.54. The van der Waals surface area contributed by atoms with E-state index in [1.165, 1.54) is 5.56 Å². The minimum atomic E-state index is 0.691. The van der Waals surface area contributed by atoms with E-state index in [9.17, 15) is 0 Å². The highest BCUT2D eigenvalue weighted by Gasteiger charge is 1.98. The summed E-state index contributed by atoms with van der Waals surface area (Å²) in [6, 6.07) is 8.25. The van der Waals surface area contributed by atoms with Crippen molar-refractivity contribution in [2.75, 3.05) is 7.11 Å². The van der Waals surface area contributed by atoms with Gasteiger partial charge < -0.3 is 4.74 Å². The van der Waals surface area contributed by atoms with E-state index in [1.54, 1.807) is 7.11 Å². The molecule has 0 heterocycles. The molecule has 0 fully saturated rings. The monoisotopic (exact) mass is 276 g/mol. The Labute approximate surface area is 87.3 Å². The van der Waals surface area contributed by atoms with Crippen LogP contribution in [0.2, 0.25) is 0 Å². The van der Waals surface area contributed by atoms with E-state index >= 15 is 0 Å². The van der Waals surface area contributed by atoms with Gasteiger partial charge in [0.2, 0.25) is 0 Å². The summed E-state index contributed by atoms with van der Waals surface area (Å²) in [4.78, 5) is 0. The van der Waals surface area contributed by atoms with Gasteiger partial charge in [0, 0.05) is 3.92 Å². The van der Waals surface area contributed by atoms with Crippen LogP contribution in [0.25, 0.3) is 0 Å². The van der Waals surface area contributed by atoms with Gasteiger partial charge >= 0.3 is 0 Å². The predicted molar refractivity (Wildman–Crippen MR) is 60.2 cm³/mol. The van der Waals surface area contributed by atoms with Crippen molar-refractivity contribution >= 4 is 22.6 Å². The summed E-state index contributed by atoms with van der Waals surface area (Å²) in [5.41, 5.74) is 1.37. The lowest BCUT2D eigenvalue weighted by Gasteiger charge is -2.04. The molecule has 0 saturated heterocycles. The van der Waals surface area contributed by atoms with Gasteiger partial charge in [-0.1, -0.05) is 41.6 Å². The summed E-state index contributed by atoms with van der Waals surface area (Å²) < 4.78 is 5.76. The topological polar surface area (TPSA) is 9.23 Å². The van der Waals surface area contributed by atoms with Crippen molar-refractivity contribution in [3.05, 3.63) is 29.8 Å². The number of alkyl halides is 1. The summed E-state index contributed by atoms with van der Waals surface area (Å²) in [5.74, 6) is 0.930. The zero-order valence-electron chi connectivity index (χ0n) is 7.38. The zero-order chi connectivity index (χ0) is 8.97. The molecular weight excluding hydrogens is 263 g/mol. The maximum Gasteiger partial charge on any atom is 0.118 e. The molecule has 1 aromatic rings. The molecule has 2 heteroatoms. The molecule has 1 nitrogen and oxygen atoms in total. The van der Waals surface area contributed by atoms with E-state index < -0.39 is 0 Å². The van der Waals surface area contributed by atoms with Crippen molar-refractivity contribution in [1.29, 1.82) is 0 Å². The van der Waals surface area contributed by atoms with Gasteiger partial charge in [0.25, 0.3) is 0 Å². The van der Waals surface area contributed by atoms with E-state index in [-0.39, 0.29) is 0 Å². The molecule has 0 aliphatic rings. The van der Waals surface area contributed by atoms with Crippen LogP contribution in [-0.2, 0) is 6.42 Å². The van der Waals surface area contributed by atoms with Gasteiger partial charge in [-0.15, -0.1) is 0 Å². The van der Waals surface area contributed by atoms with E-state index in [0.717, 1.165) is 12.2 Å². The van der Waals surface area contributed by atoms with Crippen molar-refractivity contribution in [1.82, 2.24) is 0 Å². The quantitative estimate of drug-likeness (QED) is 0.609. The molecule has 66 valence electrons. The molecule has 1 aromatic carbocycles. The van der Waals surface area contributed by atoms with Crippen LogP contribution in [-0.4, -0.2) is 11.0 Å². The second-order valence-electron chi connectivity index (χ2n) is 2.83. The first kappa shape index (κ1) is 9.84. The fourth-order valence-electron chi connectivity index (χ4n) is 1.09. The molecule has 0 aliphatic heterocycles. The highest BCUT2D eigenvalue weighted by atomic mass is 127. The number of benzene rings is 1. The van der Waals surface area contributed by atoms with Crippen LogP contribution in [0, 0.1) is 0 Å². The van der Waals surface area contributed by atoms with Crippen LogP contribution in [0.4, 0.5) is 0 Å². The summed E-state index contributed by atoms with van der Waals surface area (Å²) in [7, 11) is 1.69. The van der Waals surface area contributed by atoms with Crippen LogP contribution in [0.5, 0.6) is 5.75 Å². The SMILES string of the molecule is COc1ccc(C[C@H](C)I)cc1. The lowest BCUT2D eigenvalue weighted by molar-refractivity contribution is 0.414. The molecule has 0 N–H and O–H groups in total. The first-order chi connectivity index (χ1) is 5.72. The molecule has 12 heavy (non-hydrogen) atoms. The second kappa shape index (κ2) is 4.70. The molecule has 0 saturated carbocycles. The highest BCUT2D eigenvalue weighted by Crippen LogP contribution is 2.14. The molecule has 0 bridgehead atoms. The molecule has 0 amide bonds. The van der Waals surface area contributed by atoms with E-state index in [0.29, 0.717) is 3.92 Å². The Balaban J connectivity index is 2.65. The maximum absolute atomic E-state index is 5.07. The minimum absolute atomic E-state index is 0.691. The third-order valence-corrected chi connectivity index (χ3v) is 2.12. The van der Waals surface area contributed by atoms with Gasteiger partial charge in [0.1, 0.15) is 5.75 Å². The minimum Gasteiger partial charge on any atom is -0.497 e. The van der Waals surface area contributed by atoms with Crippen molar-refractivity contribution in [3.8, 4) is 5.75 Å². The molecule has 0 aromatic heterocycles. The smallest absolute Gasteiger partial charge is 0.118 e. The number of methoxy groups -OCH3 is 1. The van der Waals surface area contributed by atoms with Gasteiger partial charge in [0.15, 0.2) is 0 Å². The van der Waals surface area contributed by atoms with E-state index in [2.05, 4.69) is 41.6 Å². The predicted octanol–water partition coefficient (Wildman–Crippen LogP) is 3.06. The Morgan fingerprint density at radius 3 is 2.33 bits per heavy atom. The van der Waals surface area contributed by atoms with Crippen molar-refractivity contribution in [2.24, 2.45) is 0 Å². The molecular formula is C10H13IO. The lowest BCUT2D eigenvalue weighted by atomic mass is 10.1. The first-order valence-corrected chi connectivity index (χ1v) is 5.24. The van der Waals surface area contributed by atoms with Crippen LogP contribution in [0.3, 0.4) is 0 Å². The van der Waals surface area contributed by atoms with Crippen molar-refractivity contribution in [2.45, 2.75) is 17.3 Å². The van der Waals surface area contributed by atoms with Gasteiger partial charge in [-0.3, -0.25) is 0 Å². The van der Waals surface area contributed by atoms with Gasteiger partial charge in [0.05, 0.1) is 7.11 Å². The molecule has 0 aliphatic carbocycles. The van der Waals surface area contributed by atoms with Gasteiger partial charge in [-0.25, -0.2) is 0 Å². The first-order valence-electron chi connectivity index (χ1n) is 3.99. The molecule has 0 radical (unpaired) electrons. The number of ether oxygens (including phenoxy) is 1. The maximum atomic E-state index is 5.07. The third kappa shape index (κ3) is 3.01. The normalized spacial score (nSPS) is 12.6. The summed E-state index contributed by atoms with van der Waals surface area (Å²) >= 11 is 2.43. The summed E-state index contributed by atoms with van der Waals surface area (Å²) in [5, 5.41) is 0. The van der Waals surface area contributed by atoms with Crippen molar-refractivity contribution in [3.63, 3.8) is 0 Å². The average Bonchev–Trinajstić information content (AvgIpc) is 2.05. The fraction of sp³-hybridized carbons (Fsp3) is 0.400. The Kier molecular flexibility index (Phi) is 3.85. The molecule has 0 unspecified atom stereocenters. The standard InChI is InChI=1S/C10H13IO/c1-8(11)7-9-3-5-10(12-2)6-4-9/h3-6,8H,7H2,1-2H3/t8-/m0/s1. The fourth-order valence-corrected chi connectivity index (χ4v) is 1.59. The Hall–Kier alpha value is -0.250. The molecule has 1 atom stereocenters. The van der Waals surface area contributed by atoms with Crippen LogP contribution < -0.4 is 4.74 Å². The Bertz CT molecular complexity index is 228. The van der Waals surface area contributed by atoms with Gasteiger partial charge in [-0.05, 0) is 24.1 Å². The highest BCUT2D eigenvalue weighted by molar-refractivity contribution is 14.1. The molecule has 0 spiro atoms. The van der Waals surface area contributed by atoms with Gasteiger partial charge in [-0.2, -0.15) is 0 Å². The van der Waals surface area contributed by atoms with Crippen LogP contribution in [0.1, 0.15) is 12.5 Å². The Morgan fingerprint density at radius 2 is 1.92 bits per heavy atom. The number of halogens is 1. The van der Waals surface area contributed by atoms with Crippen LogP contribution >= 0.6 is 22.6 Å². The molecule has 1 rings (SSSR count). The van der Waals surface area contributed by atoms with E-state index in [4.69, 9.17) is 4.74 Å². The van der Waals surface area contributed by atoms with Crippen LogP contribution in [0.15, 0.2) is 24.3 Å². The second-order valence-corrected chi connectivity index (χ2v) is 4.96. The lowest BCUT2D eigenvalue weighted by Crippen LogP contribution is -1.95. The van der Waals surface area contributed by atoms with Crippen molar-refractivity contribution < 1.29 is 4.74 Å². The number of rotatable bonds is 3. The number of hydrogen-bond donors (Lipinski definition) is 0. The third-order valence-electron chi connectivity index (χ3n) is 1.68. The summed E-state index contributed by atoms with van der Waals surface area (Å²) in [6.07, 6.45) is 1.13. The average molecular weight is 276 g/mol. The largest absolute Gasteiger partial charge is 0.497 e. The summed E-state index contributed by atoms with van der Waals surface area (Å²) in [6.45, 7) is 2.21. The van der Waals surface area contributed by atoms with E-state index in [1.807, 2.05) is 12.1 Å².